The summed E-state index contributed by atoms with van der Waals surface area (Å²) in [5, 5.41) is 9.68. The van der Waals surface area contributed by atoms with E-state index in [1.54, 1.807) is 6.20 Å². The highest BCUT2D eigenvalue weighted by Gasteiger charge is 2.45. The van der Waals surface area contributed by atoms with Crippen molar-refractivity contribution < 1.29 is 5.11 Å². The molecule has 0 radical (unpaired) electrons. The number of hydrogen-bond donors (Lipinski definition) is 1. The van der Waals surface area contributed by atoms with Gasteiger partial charge >= 0.3 is 0 Å². The molecule has 1 heterocycles. The first-order valence-electron chi connectivity index (χ1n) is 4.00. The molecule has 1 aromatic rings. The summed E-state index contributed by atoms with van der Waals surface area (Å²) in [4.78, 5) is 3.99. The van der Waals surface area contributed by atoms with Crippen molar-refractivity contribution in [2.75, 3.05) is 6.61 Å². The number of aliphatic hydroxyl groups excluding tert-OH is 1. The number of pyridine rings is 1. The average Bonchev–Trinajstić information content (AvgIpc) is 2.86. The second-order valence-electron chi connectivity index (χ2n) is 3.28. The van der Waals surface area contributed by atoms with E-state index in [4.69, 9.17) is 16.7 Å². The van der Waals surface area contributed by atoms with Crippen LogP contribution in [0.25, 0.3) is 0 Å². The Morgan fingerprint density at radius 3 is 2.83 bits per heavy atom. The van der Waals surface area contributed by atoms with E-state index in [0.29, 0.717) is 5.15 Å². The fourth-order valence-electron chi connectivity index (χ4n) is 1.45. The number of nitrogens with zero attached hydrogens (tertiary/aromatic N) is 1. The molecule has 0 atom stereocenters. The van der Waals surface area contributed by atoms with E-state index >= 15 is 0 Å². The molecular formula is C9H10ClNO. The van der Waals surface area contributed by atoms with Crippen molar-refractivity contribution in [1.29, 1.82) is 0 Å². The smallest absolute Gasteiger partial charge is 0.132 e. The van der Waals surface area contributed by atoms with E-state index in [1.165, 1.54) is 0 Å². The largest absolute Gasteiger partial charge is 0.395 e. The number of aromatic nitrogens is 1. The molecule has 1 aliphatic carbocycles. The molecule has 0 aromatic carbocycles. The molecule has 1 saturated carbocycles. The third kappa shape index (κ3) is 1.11. The Morgan fingerprint density at radius 2 is 2.33 bits per heavy atom. The lowest BCUT2D eigenvalue weighted by molar-refractivity contribution is 0.255. The minimum atomic E-state index is -0.0641. The number of aliphatic hydroxyl groups is 1. The minimum absolute atomic E-state index is 0.0641. The molecule has 1 N–H and O–H groups in total. The van der Waals surface area contributed by atoms with Crippen LogP contribution in [-0.4, -0.2) is 16.7 Å². The quantitative estimate of drug-likeness (QED) is 0.709. The van der Waals surface area contributed by atoms with Crippen LogP contribution in [0.15, 0.2) is 18.3 Å². The van der Waals surface area contributed by atoms with Crippen molar-refractivity contribution in [3.63, 3.8) is 0 Å². The first-order chi connectivity index (χ1) is 5.78. The Morgan fingerprint density at radius 1 is 1.58 bits per heavy atom. The predicted octanol–water partition coefficient (Wildman–Crippen LogP) is 1.76. The second kappa shape index (κ2) is 2.71. The highest BCUT2D eigenvalue weighted by Crippen LogP contribution is 2.49. The molecule has 1 fully saturated rings. The van der Waals surface area contributed by atoms with Gasteiger partial charge in [0.25, 0.3) is 0 Å². The lowest BCUT2D eigenvalue weighted by Crippen LogP contribution is -2.12. The fourth-order valence-corrected chi connectivity index (χ4v) is 1.76. The molecule has 64 valence electrons. The van der Waals surface area contributed by atoms with Crippen molar-refractivity contribution in [2.24, 2.45) is 0 Å². The van der Waals surface area contributed by atoms with Gasteiger partial charge in [0, 0.05) is 11.6 Å². The van der Waals surface area contributed by atoms with Gasteiger partial charge in [0.05, 0.1) is 6.61 Å². The molecule has 2 rings (SSSR count). The van der Waals surface area contributed by atoms with E-state index in [9.17, 15) is 0 Å². The summed E-state index contributed by atoms with van der Waals surface area (Å²) in [7, 11) is 0. The summed E-state index contributed by atoms with van der Waals surface area (Å²) in [6.45, 7) is 0.179. The summed E-state index contributed by atoms with van der Waals surface area (Å²) in [6.07, 6.45) is 3.71. The number of rotatable bonds is 2. The van der Waals surface area contributed by atoms with Crippen molar-refractivity contribution in [3.05, 3.63) is 29.0 Å². The van der Waals surface area contributed by atoms with Crippen LogP contribution in [0.1, 0.15) is 18.4 Å². The third-order valence-corrected chi connectivity index (χ3v) is 2.79. The van der Waals surface area contributed by atoms with Crippen molar-refractivity contribution in [2.45, 2.75) is 18.3 Å². The topological polar surface area (TPSA) is 33.1 Å². The molecule has 12 heavy (non-hydrogen) atoms. The highest BCUT2D eigenvalue weighted by molar-refractivity contribution is 6.30. The van der Waals surface area contributed by atoms with Crippen LogP contribution in [-0.2, 0) is 5.41 Å². The SMILES string of the molecule is OCC1(c2cccnc2Cl)CC1. The summed E-state index contributed by atoms with van der Waals surface area (Å²) in [6, 6.07) is 3.80. The Balaban J connectivity index is 2.40. The summed E-state index contributed by atoms with van der Waals surface area (Å²) >= 11 is 5.91. The average molecular weight is 184 g/mol. The van der Waals surface area contributed by atoms with Gasteiger partial charge in [0.2, 0.25) is 0 Å². The van der Waals surface area contributed by atoms with Crippen LogP contribution >= 0.6 is 11.6 Å². The molecule has 1 aliphatic rings. The second-order valence-corrected chi connectivity index (χ2v) is 3.64. The van der Waals surface area contributed by atoms with Crippen LogP contribution < -0.4 is 0 Å². The van der Waals surface area contributed by atoms with E-state index in [-0.39, 0.29) is 12.0 Å². The highest BCUT2D eigenvalue weighted by atomic mass is 35.5. The van der Waals surface area contributed by atoms with E-state index in [0.717, 1.165) is 18.4 Å². The van der Waals surface area contributed by atoms with Gasteiger partial charge in [-0.1, -0.05) is 17.7 Å². The summed E-state index contributed by atoms with van der Waals surface area (Å²) < 4.78 is 0. The molecule has 0 aliphatic heterocycles. The summed E-state index contributed by atoms with van der Waals surface area (Å²) in [5.41, 5.74) is 0.930. The van der Waals surface area contributed by atoms with Crippen molar-refractivity contribution >= 4 is 11.6 Å². The van der Waals surface area contributed by atoms with Gasteiger partial charge in [-0.3, -0.25) is 0 Å². The Labute approximate surface area is 76.2 Å². The molecule has 0 saturated heterocycles. The van der Waals surface area contributed by atoms with Crippen LogP contribution in [0.5, 0.6) is 0 Å². The number of hydrogen-bond acceptors (Lipinski definition) is 2. The third-order valence-electron chi connectivity index (χ3n) is 2.49. The molecule has 0 amide bonds. The van der Waals surface area contributed by atoms with Crippen LogP contribution in [0, 0.1) is 0 Å². The lowest BCUT2D eigenvalue weighted by Gasteiger charge is -2.12. The van der Waals surface area contributed by atoms with Gasteiger partial charge in [0.15, 0.2) is 0 Å². The van der Waals surface area contributed by atoms with Gasteiger partial charge in [-0.25, -0.2) is 4.98 Å². The zero-order chi connectivity index (χ0) is 8.60. The van der Waals surface area contributed by atoms with Gasteiger partial charge in [0.1, 0.15) is 5.15 Å². The van der Waals surface area contributed by atoms with E-state index in [1.807, 2.05) is 12.1 Å². The first kappa shape index (κ1) is 8.02. The molecule has 2 nitrogen and oxygen atoms in total. The molecule has 0 spiro atoms. The molecule has 0 bridgehead atoms. The zero-order valence-corrected chi connectivity index (χ0v) is 7.38. The van der Waals surface area contributed by atoms with Crippen molar-refractivity contribution in [3.8, 4) is 0 Å². The number of halogens is 1. The molecule has 3 heteroatoms. The standard InChI is InChI=1S/C9H10ClNO/c10-8-7(2-1-5-11-8)9(6-12)3-4-9/h1-2,5,12H,3-4,6H2. The monoisotopic (exact) mass is 183 g/mol. The van der Waals surface area contributed by atoms with Crippen LogP contribution in [0.3, 0.4) is 0 Å². The Kier molecular flexibility index (Phi) is 1.81. The maximum atomic E-state index is 9.15. The van der Waals surface area contributed by atoms with Crippen LogP contribution in [0.4, 0.5) is 0 Å². The maximum Gasteiger partial charge on any atom is 0.132 e. The minimum Gasteiger partial charge on any atom is -0.395 e. The normalized spacial score (nSPS) is 19.2. The lowest BCUT2D eigenvalue weighted by atomic mass is 9.99. The van der Waals surface area contributed by atoms with E-state index in [2.05, 4.69) is 4.98 Å². The van der Waals surface area contributed by atoms with Gasteiger partial charge in [-0.15, -0.1) is 0 Å². The van der Waals surface area contributed by atoms with Crippen LogP contribution in [0.2, 0.25) is 5.15 Å². The first-order valence-corrected chi connectivity index (χ1v) is 4.38. The fraction of sp³-hybridized carbons (Fsp3) is 0.444. The molecule has 0 unspecified atom stereocenters. The van der Waals surface area contributed by atoms with Gasteiger partial charge in [-0.2, -0.15) is 0 Å². The molecular weight excluding hydrogens is 174 g/mol. The van der Waals surface area contributed by atoms with E-state index < -0.39 is 0 Å². The Hall–Kier alpha value is -0.600. The zero-order valence-electron chi connectivity index (χ0n) is 6.63. The van der Waals surface area contributed by atoms with Gasteiger partial charge in [-0.05, 0) is 24.5 Å². The van der Waals surface area contributed by atoms with Crippen molar-refractivity contribution in [1.82, 2.24) is 4.98 Å². The predicted molar refractivity (Wildman–Crippen MR) is 47.2 cm³/mol. The Bertz CT molecular complexity index is 296. The molecule has 1 aromatic heterocycles. The maximum absolute atomic E-state index is 9.15. The summed E-state index contributed by atoms with van der Waals surface area (Å²) in [5.74, 6) is 0. The van der Waals surface area contributed by atoms with Gasteiger partial charge < -0.3 is 5.11 Å².